The van der Waals surface area contributed by atoms with E-state index < -0.39 is 5.91 Å². The molecule has 0 bridgehead atoms. The largest absolute Gasteiger partial charge is 0.496 e. The van der Waals surface area contributed by atoms with Crippen molar-refractivity contribution in [1.82, 2.24) is 20.6 Å². The summed E-state index contributed by atoms with van der Waals surface area (Å²) in [6.07, 6.45) is 11.8. The second-order valence-corrected chi connectivity index (χ2v) is 9.04. The molecule has 2 amide bonds. The second-order valence-electron chi connectivity index (χ2n) is 9.04. The van der Waals surface area contributed by atoms with Crippen LogP contribution in [0.5, 0.6) is 5.75 Å². The van der Waals surface area contributed by atoms with Gasteiger partial charge in [-0.1, -0.05) is 6.07 Å². The number of fused-ring (bicyclic) bond motifs is 1. The standard InChI is InChI=1S/C27H27N5O3/c1-3-25(33)30-22-5-4-6-23(22)32-27-28-15-18-13-16(8-12-21(18)31-27)20-11-7-17(14-24(20)35-2)26(34)29-19-9-10-19/h1,7-8,11-15,19,22-23H,4-6,9-10H2,2H3,(H,29,34)(H,30,33)(H,28,31,32)/t22-,23+/m0/s1. The number of ether oxygens (including phenoxy) is 1. The van der Waals surface area contributed by atoms with Crippen LogP contribution in [0, 0.1) is 12.3 Å². The van der Waals surface area contributed by atoms with E-state index in [-0.39, 0.29) is 18.0 Å². The van der Waals surface area contributed by atoms with Gasteiger partial charge in [0.2, 0.25) is 5.95 Å². The molecule has 2 aromatic carbocycles. The van der Waals surface area contributed by atoms with Crippen LogP contribution in [0.25, 0.3) is 22.0 Å². The van der Waals surface area contributed by atoms with Gasteiger partial charge in [0, 0.05) is 40.8 Å². The van der Waals surface area contributed by atoms with Crippen LogP contribution >= 0.6 is 0 Å². The summed E-state index contributed by atoms with van der Waals surface area (Å²) in [7, 11) is 1.60. The lowest BCUT2D eigenvalue weighted by Crippen LogP contribution is -2.43. The van der Waals surface area contributed by atoms with Gasteiger partial charge in [-0.25, -0.2) is 9.97 Å². The van der Waals surface area contributed by atoms with Crippen LogP contribution in [0.1, 0.15) is 42.5 Å². The number of nitrogens with one attached hydrogen (secondary N) is 3. The van der Waals surface area contributed by atoms with Gasteiger partial charge < -0.3 is 20.7 Å². The van der Waals surface area contributed by atoms with Gasteiger partial charge in [-0.15, -0.1) is 6.42 Å². The highest BCUT2D eigenvalue weighted by atomic mass is 16.5. The third kappa shape index (κ3) is 5.04. The number of hydrogen-bond donors (Lipinski definition) is 3. The topological polar surface area (TPSA) is 105 Å². The van der Waals surface area contributed by atoms with Crippen molar-refractivity contribution in [2.24, 2.45) is 0 Å². The van der Waals surface area contributed by atoms with E-state index in [1.165, 1.54) is 0 Å². The van der Waals surface area contributed by atoms with Gasteiger partial charge in [0.1, 0.15) is 5.75 Å². The van der Waals surface area contributed by atoms with Crippen LogP contribution in [0.3, 0.4) is 0 Å². The number of rotatable bonds is 7. The molecule has 1 aromatic heterocycles. The van der Waals surface area contributed by atoms with Crippen molar-refractivity contribution in [3.05, 3.63) is 48.2 Å². The van der Waals surface area contributed by atoms with Crippen LogP contribution in [0.15, 0.2) is 42.6 Å². The van der Waals surface area contributed by atoms with Gasteiger partial charge >= 0.3 is 0 Å². The Morgan fingerprint density at radius 3 is 2.66 bits per heavy atom. The van der Waals surface area contributed by atoms with Crippen molar-refractivity contribution in [3.63, 3.8) is 0 Å². The summed E-state index contributed by atoms with van der Waals surface area (Å²) >= 11 is 0. The molecule has 1 heterocycles. The molecule has 0 saturated heterocycles. The average Bonchev–Trinajstić information content (AvgIpc) is 3.60. The van der Waals surface area contributed by atoms with Gasteiger partial charge in [-0.05, 0) is 73.9 Å². The Morgan fingerprint density at radius 2 is 1.89 bits per heavy atom. The number of nitrogens with zero attached hydrogens (tertiary/aromatic N) is 2. The molecule has 3 N–H and O–H groups in total. The smallest absolute Gasteiger partial charge is 0.295 e. The number of hydrogen-bond acceptors (Lipinski definition) is 6. The van der Waals surface area contributed by atoms with E-state index in [1.54, 1.807) is 19.4 Å². The number of anilines is 1. The lowest BCUT2D eigenvalue weighted by atomic mass is 10.0. The number of amides is 2. The van der Waals surface area contributed by atoms with Gasteiger partial charge in [-0.3, -0.25) is 9.59 Å². The molecular weight excluding hydrogens is 442 g/mol. The molecule has 0 radical (unpaired) electrons. The molecule has 178 valence electrons. The molecule has 0 unspecified atom stereocenters. The Hall–Kier alpha value is -4.12. The summed E-state index contributed by atoms with van der Waals surface area (Å²) in [4.78, 5) is 33.2. The van der Waals surface area contributed by atoms with Crippen LogP contribution < -0.4 is 20.7 Å². The predicted molar refractivity (Wildman–Crippen MR) is 134 cm³/mol. The van der Waals surface area contributed by atoms with Gasteiger partial charge in [-0.2, -0.15) is 0 Å². The predicted octanol–water partition coefficient (Wildman–Crippen LogP) is 3.28. The third-order valence-electron chi connectivity index (χ3n) is 6.55. The van der Waals surface area contributed by atoms with E-state index in [0.717, 1.165) is 54.1 Å². The van der Waals surface area contributed by atoms with Crippen molar-refractivity contribution < 1.29 is 14.3 Å². The molecule has 8 heteroatoms. The Bertz CT molecular complexity index is 1330. The normalized spacial score (nSPS) is 19.1. The van der Waals surface area contributed by atoms with Crippen molar-refractivity contribution in [2.45, 2.75) is 50.2 Å². The lowest BCUT2D eigenvalue weighted by molar-refractivity contribution is -0.116. The number of aromatic nitrogens is 2. The molecule has 2 aliphatic rings. The van der Waals surface area contributed by atoms with Crippen molar-refractivity contribution in [3.8, 4) is 29.2 Å². The minimum Gasteiger partial charge on any atom is -0.496 e. The molecule has 2 atom stereocenters. The number of carbonyl (C=O) groups excluding carboxylic acids is 2. The second kappa shape index (κ2) is 9.63. The van der Waals surface area contributed by atoms with E-state index in [2.05, 4.69) is 31.8 Å². The van der Waals surface area contributed by atoms with E-state index in [1.807, 2.05) is 30.3 Å². The number of methoxy groups -OCH3 is 1. The van der Waals surface area contributed by atoms with Gasteiger partial charge in [0.15, 0.2) is 0 Å². The molecule has 5 rings (SSSR count). The van der Waals surface area contributed by atoms with E-state index in [9.17, 15) is 9.59 Å². The van der Waals surface area contributed by atoms with Crippen LogP contribution in [0.2, 0.25) is 0 Å². The fourth-order valence-electron chi connectivity index (χ4n) is 4.52. The van der Waals surface area contributed by atoms with Crippen LogP contribution in [0.4, 0.5) is 5.95 Å². The highest BCUT2D eigenvalue weighted by Crippen LogP contribution is 2.33. The van der Waals surface area contributed by atoms with Gasteiger partial charge in [0.25, 0.3) is 11.8 Å². The highest BCUT2D eigenvalue weighted by molar-refractivity contribution is 5.96. The van der Waals surface area contributed by atoms with Crippen molar-refractivity contribution in [1.29, 1.82) is 0 Å². The number of terminal acetylenes is 1. The van der Waals surface area contributed by atoms with Crippen molar-refractivity contribution >= 4 is 28.7 Å². The zero-order valence-corrected chi connectivity index (χ0v) is 19.5. The number of benzene rings is 2. The first-order chi connectivity index (χ1) is 17.0. The maximum Gasteiger partial charge on any atom is 0.295 e. The first-order valence-corrected chi connectivity index (χ1v) is 11.8. The molecule has 0 spiro atoms. The first kappa shape index (κ1) is 22.7. The maximum atomic E-state index is 12.4. The van der Waals surface area contributed by atoms with E-state index in [4.69, 9.17) is 11.2 Å². The van der Waals surface area contributed by atoms with Gasteiger partial charge in [0.05, 0.1) is 12.6 Å². The fraction of sp³-hybridized carbons (Fsp3) is 0.333. The average molecular weight is 470 g/mol. The zero-order chi connectivity index (χ0) is 24.4. The highest BCUT2D eigenvalue weighted by Gasteiger charge is 2.29. The number of carbonyl (C=O) groups is 2. The molecule has 3 aromatic rings. The molecule has 2 aliphatic carbocycles. The lowest BCUT2D eigenvalue weighted by Gasteiger charge is -2.21. The summed E-state index contributed by atoms with van der Waals surface area (Å²) in [5, 5.41) is 10.1. The Balaban J connectivity index is 1.35. The summed E-state index contributed by atoms with van der Waals surface area (Å²) in [6.45, 7) is 0. The maximum absolute atomic E-state index is 12.4. The molecule has 0 aliphatic heterocycles. The van der Waals surface area contributed by atoms with Crippen LogP contribution in [-0.2, 0) is 4.79 Å². The monoisotopic (exact) mass is 469 g/mol. The Morgan fingerprint density at radius 1 is 1.06 bits per heavy atom. The van der Waals surface area contributed by atoms with Crippen molar-refractivity contribution in [2.75, 3.05) is 12.4 Å². The zero-order valence-electron chi connectivity index (χ0n) is 19.5. The van der Waals surface area contributed by atoms with Crippen LogP contribution in [-0.4, -0.2) is 47.0 Å². The quantitative estimate of drug-likeness (QED) is 0.459. The molecule has 35 heavy (non-hydrogen) atoms. The fourth-order valence-corrected chi connectivity index (χ4v) is 4.52. The summed E-state index contributed by atoms with van der Waals surface area (Å²) < 4.78 is 5.60. The van der Waals surface area contributed by atoms with E-state index >= 15 is 0 Å². The minimum atomic E-state index is -0.400. The first-order valence-electron chi connectivity index (χ1n) is 11.8. The summed E-state index contributed by atoms with van der Waals surface area (Å²) in [6, 6.07) is 11.7. The Kier molecular flexibility index (Phi) is 6.23. The molecular formula is C27H27N5O3. The third-order valence-corrected chi connectivity index (χ3v) is 6.55. The molecule has 2 fully saturated rings. The summed E-state index contributed by atoms with van der Waals surface area (Å²) in [5.41, 5.74) is 3.21. The molecule has 2 saturated carbocycles. The SMILES string of the molecule is C#CC(=O)N[C@H]1CCC[C@H]1Nc1ncc2cc(-c3ccc(C(=O)NC4CC4)cc3OC)ccc2n1. The van der Waals surface area contributed by atoms with E-state index in [0.29, 0.717) is 23.3 Å². The summed E-state index contributed by atoms with van der Waals surface area (Å²) in [5.74, 6) is 2.78. The Labute approximate surface area is 203 Å². The molecule has 8 nitrogen and oxygen atoms in total. The minimum absolute atomic E-state index is 0.0314.